The monoisotopic (exact) mass is 605 g/mol. The van der Waals surface area contributed by atoms with Crippen molar-refractivity contribution in [1.82, 2.24) is 10.2 Å². The SMILES string of the molecule is COc1cccc(N(CC(=O)N(Cc2ccc(Cl)c(Cl)c2)[C@H](C)C(=O)NCC(C)C)S(=O)(=O)c2ccccc2)c1. The van der Waals surface area contributed by atoms with Gasteiger partial charge in [0, 0.05) is 19.2 Å². The highest BCUT2D eigenvalue weighted by atomic mass is 35.5. The van der Waals surface area contributed by atoms with Crippen LogP contribution in [0.15, 0.2) is 77.7 Å². The van der Waals surface area contributed by atoms with Gasteiger partial charge in [0.1, 0.15) is 18.3 Å². The summed E-state index contributed by atoms with van der Waals surface area (Å²) in [5, 5.41) is 3.50. The summed E-state index contributed by atoms with van der Waals surface area (Å²) in [6.45, 7) is 5.40. The van der Waals surface area contributed by atoms with E-state index in [1.165, 1.54) is 30.2 Å². The highest BCUT2D eigenvalue weighted by molar-refractivity contribution is 7.92. The first-order valence-electron chi connectivity index (χ1n) is 12.7. The number of carbonyl (C=O) groups is 2. The fourth-order valence-corrected chi connectivity index (χ4v) is 5.63. The number of amides is 2. The summed E-state index contributed by atoms with van der Waals surface area (Å²) in [7, 11) is -2.70. The summed E-state index contributed by atoms with van der Waals surface area (Å²) >= 11 is 12.3. The second-order valence-corrected chi connectivity index (χ2v) is 12.3. The van der Waals surface area contributed by atoms with Crippen molar-refractivity contribution in [2.24, 2.45) is 5.92 Å². The van der Waals surface area contributed by atoms with Crippen molar-refractivity contribution in [2.75, 3.05) is 24.5 Å². The van der Waals surface area contributed by atoms with Gasteiger partial charge in [0.2, 0.25) is 11.8 Å². The van der Waals surface area contributed by atoms with Crippen molar-refractivity contribution < 1.29 is 22.7 Å². The molecule has 0 aliphatic heterocycles. The van der Waals surface area contributed by atoms with Gasteiger partial charge in [-0.15, -0.1) is 0 Å². The van der Waals surface area contributed by atoms with E-state index >= 15 is 0 Å². The molecule has 1 atom stereocenters. The number of methoxy groups -OCH3 is 1. The lowest BCUT2D eigenvalue weighted by molar-refractivity contribution is -0.139. The normalized spacial score (nSPS) is 12.1. The maximum atomic E-state index is 13.9. The number of hydrogen-bond donors (Lipinski definition) is 1. The Morgan fingerprint density at radius 2 is 1.62 bits per heavy atom. The Morgan fingerprint density at radius 1 is 0.925 bits per heavy atom. The van der Waals surface area contributed by atoms with E-state index in [1.54, 1.807) is 61.5 Å². The van der Waals surface area contributed by atoms with E-state index < -0.39 is 28.5 Å². The zero-order chi connectivity index (χ0) is 29.4. The Kier molecular flexibility index (Phi) is 10.8. The molecule has 0 heterocycles. The summed E-state index contributed by atoms with van der Waals surface area (Å²) in [6, 6.07) is 18.3. The first kappa shape index (κ1) is 31.3. The topological polar surface area (TPSA) is 96.0 Å². The van der Waals surface area contributed by atoms with Crippen LogP contribution in [0.4, 0.5) is 5.69 Å². The van der Waals surface area contributed by atoms with E-state index in [0.717, 1.165) is 4.31 Å². The highest BCUT2D eigenvalue weighted by Gasteiger charge is 2.32. The molecule has 0 aromatic heterocycles. The Balaban J connectivity index is 2.03. The van der Waals surface area contributed by atoms with Gasteiger partial charge in [0.25, 0.3) is 10.0 Å². The molecular weight excluding hydrogens is 573 g/mol. The molecule has 214 valence electrons. The van der Waals surface area contributed by atoms with E-state index in [4.69, 9.17) is 27.9 Å². The second-order valence-electron chi connectivity index (χ2n) is 9.61. The molecule has 0 aliphatic carbocycles. The third-order valence-electron chi connectivity index (χ3n) is 6.14. The summed E-state index contributed by atoms with van der Waals surface area (Å²) in [6.07, 6.45) is 0. The minimum atomic E-state index is -4.17. The first-order chi connectivity index (χ1) is 18.9. The number of anilines is 1. The summed E-state index contributed by atoms with van der Waals surface area (Å²) in [5.41, 5.74) is 0.869. The van der Waals surface area contributed by atoms with Gasteiger partial charge in [-0.25, -0.2) is 8.42 Å². The highest BCUT2D eigenvalue weighted by Crippen LogP contribution is 2.28. The zero-order valence-corrected chi connectivity index (χ0v) is 25.1. The van der Waals surface area contributed by atoms with Gasteiger partial charge in [-0.1, -0.05) is 67.4 Å². The molecule has 0 bridgehead atoms. The average Bonchev–Trinajstić information content (AvgIpc) is 2.95. The predicted octanol–water partition coefficient (Wildman–Crippen LogP) is 5.39. The van der Waals surface area contributed by atoms with Crippen LogP contribution in [0.5, 0.6) is 5.75 Å². The van der Waals surface area contributed by atoms with Crippen LogP contribution in [0, 0.1) is 5.92 Å². The molecule has 3 aromatic carbocycles. The molecule has 3 aromatic rings. The van der Waals surface area contributed by atoms with Crippen molar-refractivity contribution in [3.05, 3.63) is 88.4 Å². The summed E-state index contributed by atoms with van der Waals surface area (Å²) < 4.78 is 34.0. The van der Waals surface area contributed by atoms with Gasteiger partial charge in [0.15, 0.2) is 0 Å². The Morgan fingerprint density at radius 3 is 2.25 bits per heavy atom. The molecular formula is C29H33Cl2N3O5S. The summed E-state index contributed by atoms with van der Waals surface area (Å²) in [4.78, 5) is 28.4. The zero-order valence-electron chi connectivity index (χ0n) is 22.8. The third kappa shape index (κ3) is 7.90. The molecule has 0 unspecified atom stereocenters. The smallest absolute Gasteiger partial charge is 0.264 e. The molecule has 0 aliphatic rings. The van der Waals surface area contributed by atoms with Crippen molar-refractivity contribution >= 4 is 50.7 Å². The molecule has 0 saturated heterocycles. The molecule has 0 saturated carbocycles. The van der Waals surface area contributed by atoms with Crippen molar-refractivity contribution in [1.29, 1.82) is 0 Å². The van der Waals surface area contributed by atoms with E-state index in [2.05, 4.69) is 5.32 Å². The lowest BCUT2D eigenvalue weighted by Crippen LogP contribution is -2.51. The molecule has 40 heavy (non-hydrogen) atoms. The number of nitrogens with one attached hydrogen (secondary N) is 1. The molecule has 0 fully saturated rings. The van der Waals surface area contributed by atoms with Gasteiger partial charge >= 0.3 is 0 Å². The predicted molar refractivity (Wildman–Crippen MR) is 158 cm³/mol. The van der Waals surface area contributed by atoms with Gasteiger partial charge in [-0.2, -0.15) is 0 Å². The van der Waals surface area contributed by atoms with Crippen molar-refractivity contribution in [2.45, 2.75) is 38.3 Å². The van der Waals surface area contributed by atoms with E-state index in [-0.39, 0.29) is 29.0 Å². The van der Waals surface area contributed by atoms with Crippen LogP contribution in [0.25, 0.3) is 0 Å². The van der Waals surface area contributed by atoms with Gasteiger partial charge in [-0.05, 0) is 54.8 Å². The second kappa shape index (κ2) is 13.9. The van der Waals surface area contributed by atoms with Crippen LogP contribution in [0.1, 0.15) is 26.3 Å². The standard InChI is InChI=1S/C29H33Cl2N3O5S/c1-20(2)17-32-29(36)21(3)33(18-22-13-14-26(30)27(31)15-22)28(35)19-34(23-9-8-10-24(16-23)39-4)40(37,38)25-11-6-5-7-12-25/h5-16,20-21H,17-19H2,1-4H3,(H,32,36)/t21-/m1/s1. The fourth-order valence-electron chi connectivity index (χ4n) is 3.88. The lowest BCUT2D eigenvalue weighted by atomic mass is 10.1. The number of ether oxygens (including phenoxy) is 1. The number of rotatable bonds is 12. The lowest BCUT2D eigenvalue weighted by Gasteiger charge is -2.32. The van der Waals surface area contributed by atoms with E-state index in [9.17, 15) is 18.0 Å². The van der Waals surface area contributed by atoms with E-state index in [1.807, 2.05) is 13.8 Å². The third-order valence-corrected chi connectivity index (χ3v) is 8.67. The maximum absolute atomic E-state index is 13.9. The molecule has 8 nitrogen and oxygen atoms in total. The summed E-state index contributed by atoms with van der Waals surface area (Å²) in [5.74, 6) is -0.316. The van der Waals surface area contributed by atoms with Crippen LogP contribution in [-0.4, -0.2) is 51.4 Å². The minimum absolute atomic E-state index is 0.00330. The quantitative estimate of drug-likeness (QED) is 0.299. The van der Waals surface area contributed by atoms with Crippen LogP contribution in [0.3, 0.4) is 0 Å². The van der Waals surface area contributed by atoms with E-state index in [0.29, 0.717) is 27.9 Å². The molecule has 3 rings (SSSR count). The van der Waals surface area contributed by atoms with Crippen LogP contribution in [-0.2, 0) is 26.2 Å². The van der Waals surface area contributed by atoms with Crippen molar-refractivity contribution in [3.8, 4) is 5.75 Å². The molecule has 1 N–H and O–H groups in total. The van der Waals surface area contributed by atoms with Gasteiger partial charge < -0.3 is 15.0 Å². The number of hydrogen-bond acceptors (Lipinski definition) is 5. The van der Waals surface area contributed by atoms with Crippen LogP contribution in [0.2, 0.25) is 10.0 Å². The molecule has 0 spiro atoms. The molecule has 0 radical (unpaired) electrons. The number of benzene rings is 3. The average molecular weight is 607 g/mol. The Hall–Kier alpha value is -3.27. The first-order valence-corrected chi connectivity index (χ1v) is 14.9. The minimum Gasteiger partial charge on any atom is -0.497 e. The Bertz CT molecular complexity index is 1430. The number of halogens is 2. The maximum Gasteiger partial charge on any atom is 0.264 e. The number of sulfonamides is 1. The molecule has 2 amide bonds. The number of carbonyl (C=O) groups excluding carboxylic acids is 2. The molecule has 11 heteroatoms. The van der Waals surface area contributed by atoms with Crippen LogP contribution >= 0.6 is 23.2 Å². The van der Waals surface area contributed by atoms with Crippen LogP contribution < -0.4 is 14.4 Å². The fraction of sp³-hybridized carbons (Fsp3) is 0.310. The largest absolute Gasteiger partial charge is 0.497 e. The van der Waals surface area contributed by atoms with Gasteiger partial charge in [0.05, 0.1) is 27.7 Å². The van der Waals surface area contributed by atoms with Gasteiger partial charge in [-0.3, -0.25) is 13.9 Å². The number of nitrogens with zero attached hydrogens (tertiary/aromatic N) is 2. The Labute approximate surface area is 245 Å². The van der Waals surface area contributed by atoms with Crippen molar-refractivity contribution in [3.63, 3.8) is 0 Å².